The van der Waals surface area contributed by atoms with Crippen LogP contribution in [0, 0.1) is 70.6 Å². The van der Waals surface area contributed by atoms with Crippen LogP contribution >= 0.6 is 0 Å². The van der Waals surface area contributed by atoms with Crippen LogP contribution in [-0.2, 0) is 40.8 Å². The highest BCUT2D eigenvalue weighted by Gasteiger charge is 2.54. The summed E-state index contributed by atoms with van der Waals surface area (Å²) >= 11 is 0. The monoisotopic (exact) mass is 1240 g/mol. The van der Waals surface area contributed by atoms with Crippen LogP contribution in [0.1, 0.15) is 219 Å². The number of nitrogens with zero attached hydrogens (tertiary/aromatic N) is 4. The Bertz CT molecular complexity index is 2930. The molecule has 4 aromatic carbocycles. The van der Waals surface area contributed by atoms with Gasteiger partial charge in [0.1, 0.15) is 23.3 Å². The Kier molecular flexibility index (Phi) is 23.3. The van der Waals surface area contributed by atoms with Crippen molar-refractivity contribution >= 4 is 23.6 Å². The average Bonchev–Trinajstić information content (AvgIpc) is 1.37. The highest BCUT2D eigenvalue weighted by Crippen LogP contribution is 2.51. The topological polar surface area (TPSA) is 81.2 Å². The van der Waals surface area contributed by atoms with Crippen LogP contribution < -0.4 is 0 Å². The van der Waals surface area contributed by atoms with Crippen LogP contribution in [0.4, 0.5) is 17.6 Å². The third kappa shape index (κ3) is 15.7. The molecule has 4 saturated carbocycles. The number of hydrogen-bond acceptors (Lipinski definition) is 4. The molecule has 4 heterocycles. The zero-order chi connectivity index (χ0) is 64.4. The fourth-order valence-electron chi connectivity index (χ4n) is 16.7. The molecular formula is C78H108F4N4O4. The molecule has 0 aromatic heterocycles. The molecular weight excluding hydrogens is 1130 g/mol. The molecule has 0 N–H and O–H groups in total. The summed E-state index contributed by atoms with van der Waals surface area (Å²) in [6.07, 6.45) is 22.8. The van der Waals surface area contributed by atoms with E-state index in [0.717, 1.165) is 233 Å². The first-order valence-corrected chi connectivity index (χ1v) is 35.3. The molecule has 8 nitrogen and oxygen atoms in total. The summed E-state index contributed by atoms with van der Waals surface area (Å²) in [6.45, 7) is 25.2. The van der Waals surface area contributed by atoms with Gasteiger partial charge in [0.15, 0.2) is 0 Å². The maximum atomic E-state index is 13.5. The highest BCUT2D eigenvalue weighted by atomic mass is 19.1. The summed E-state index contributed by atoms with van der Waals surface area (Å²) in [4.78, 5) is 61.0. The predicted molar refractivity (Wildman–Crippen MR) is 354 cm³/mol. The molecule has 0 unspecified atom stereocenters. The largest absolute Gasteiger partial charge is 0.342 e. The van der Waals surface area contributed by atoms with Crippen molar-refractivity contribution in [2.24, 2.45) is 47.3 Å². The van der Waals surface area contributed by atoms with Crippen LogP contribution in [0.5, 0.6) is 0 Å². The molecule has 0 bridgehead atoms. The third-order valence-electron chi connectivity index (χ3n) is 23.4. The normalized spacial score (nSPS) is 21.8. The van der Waals surface area contributed by atoms with E-state index in [1.165, 1.54) is 55.0 Å². The van der Waals surface area contributed by atoms with Crippen molar-refractivity contribution in [1.29, 1.82) is 0 Å². The van der Waals surface area contributed by atoms with Gasteiger partial charge in [0, 0.05) is 52.4 Å². The minimum atomic E-state index is -0.420. The zero-order valence-electron chi connectivity index (χ0n) is 56.0. The fourth-order valence-corrected chi connectivity index (χ4v) is 16.7. The van der Waals surface area contributed by atoms with Crippen molar-refractivity contribution in [2.75, 3.05) is 52.4 Å². The van der Waals surface area contributed by atoms with Gasteiger partial charge in [-0.1, -0.05) is 142 Å². The number of rotatable bonds is 12. The first-order chi connectivity index (χ1) is 43.1. The molecule has 492 valence electrons. The minimum Gasteiger partial charge on any atom is -0.342 e. The molecule has 4 aliphatic heterocycles. The lowest BCUT2D eigenvalue weighted by Gasteiger charge is -2.46. The number of carbonyl (C=O) groups excluding carboxylic acids is 4. The van der Waals surface area contributed by atoms with E-state index in [0.29, 0.717) is 23.7 Å². The Morgan fingerprint density at radius 3 is 0.633 bits per heavy atom. The molecule has 0 radical (unpaired) electrons. The summed E-state index contributed by atoms with van der Waals surface area (Å²) in [7, 11) is 0. The Hall–Kier alpha value is -5.52. The zero-order valence-corrected chi connectivity index (χ0v) is 56.0. The van der Waals surface area contributed by atoms with Crippen LogP contribution in [0.2, 0.25) is 0 Å². The minimum absolute atomic E-state index is 0.227. The molecule has 4 aromatic rings. The highest BCUT2D eigenvalue weighted by molar-refractivity contribution is 5.92. The lowest BCUT2D eigenvalue weighted by Crippen LogP contribution is -2.53. The van der Waals surface area contributed by atoms with Gasteiger partial charge in [0.2, 0.25) is 23.6 Å². The van der Waals surface area contributed by atoms with Crippen LogP contribution in [0.15, 0.2) is 97.1 Å². The number of carbonyl (C=O) groups is 4. The fraction of sp³-hybridized carbons (Fsp3) is 0.641. The van der Waals surface area contributed by atoms with Crippen molar-refractivity contribution in [3.05, 3.63) is 143 Å². The summed E-state index contributed by atoms with van der Waals surface area (Å²) < 4.78 is 52.9. The van der Waals surface area contributed by atoms with E-state index in [4.69, 9.17) is 0 Å². The van der Waals surface area contributed by atoms with Gasteiger partial charge in [0.05, 0.1) is 21.7 Å². The number of halogens is 4. The Labute approximate surface area is 538 Å². The molecule has 12 rings (SSSR count). The first-order valence-electron chi connectivity index (χ1n) is 35.3. The lowest BCUT2D eigenvalue weighted by molar-refractivity contribution is -0.143. The Balaban J connectivity index is 0.000000142. The maximum Gasteiger partial charge on any atom is 0.233 e. The Morgan fingerprint density at radius 2 is 0.467 bits per heavy atom. The van der Waals surface area contributed by atoms with Crippen LogP contribution in [0.3, 0.4) is 0 Å². The molecule has 12 heteroatoms. The summed E-state index contributed by atoms with van der Waals surface area (Å²) in [5.41, 5.74) is 2.45. The maximum absolute atomic E-state index is 13.5. The molecule has 0 spiro atoms. The van der Waals surface area contributed by atoms with Gasteiger partial charge in [-0.3, -0.25) is 19.2 Å². The van der Waals surface area contributed by atoms with E-state index in [1.54, 1.807) is 24.3 Å². The van der Waals surface area contributed by atoms with Gasteiger partial charge in [0.25, 0.3) is 0 Å². The van der Waals surface area contributed by atoms with Crippen molar-refractivity contribution in [1.82, 2.24) is 19.6 Å². The van der Waals surface area contributed by atoms with Crippen molar-refractivity contribution in [3.8, 4) is 0 Å². The van der Waals surface area contributed by atoms with Crippen molar-refractivity contribution in [2.45, 2.75) is 218 Å². The molecule has 4 amide bonds. The quantitative estimate of drug-likeness (QED) is 0.132. The number of hydrogen-bond donors (Lipinski definition) is 0. The van der Waals surface area contributed by atoms with E-state index in [2.05, 4.69) is 70.1 Å². The van der Waals surface area contributed by atoms with E-state index >= 15 is 0 Å². The van der Waals surface area contributed by atoms with Crippen molar-refractivity contribution in [3.63, 3.8) is 0 Å². The number of amides is 4. The molecule has 4 aliphatic carbocycles. The van der Waals surface area contributed by atoms with Gasteiger partial charge >= 0.3 is 0 Å². The van der Waals surface area contributed by atoms with Gasteiger partial charge in [-0.05, 0) is 221 Å². The second kappa shape index (κ2) is 30.5. The van der Waals surface area contributed by atoms with Crippen molar-refractivity contribution < 1.29 is 36.7 Å². The smallest absolute Gasteiger partial charge is 0.233 e. The summed E-state index contributed by atoms with van der Waals surface area (Å²) in [6, 6.07) is 26.3. The van der Waals surface area contributed by atoms with E-state index in [1.807, 2.05) is 29.2 Å². The summed E-state index contributed by atoms with van der Waals surface area (Å²) in [5, 5.41) is 0. The predicted octanol–water partition coefficient (Wildman–Crippen LogP) is 17.3. The average molecular weight is 1240 g/mol. The second-order valence-corrected chi connectivity index (χ2v) is 30.0. The third-order valence-corrected chi connectivity index (χ3v) is 23.4. The standard InChI is InChI=1S/C21H30FNO.C20H28FNO.C19H26FNO.C18H24FNO/c1-16(2)17-10-14-23(15-11-17)20(24)21(12-4-3-5-13-21)18-6-8-19(22)9-7-18;1-15(2)16-9-13-22(14-10-16)19(23)20(11-3-4-12-20)17-5-7-18(21)8-6-17;1-14(2)15-8-12-21(13-9-15)18(22)19(10-3-11-19)16-4-6-17(20)7-5-16;1-13(2)14-7-11-20(12-8-14)17(21)18(9-10-18)15-3-5-16(19)6-4-15/h6-9,16-17H,3-5,10-15H2,1-2H3;5-8,15-16H,3-4,9-14H2,1-2H3;4-7,14-15H,3,8-13H2,1-2H3;3-6,13-14H,7-12H2,1-2H3. The number of likely N-dealkylation sites (tertiary alicyclic amines) is 4. The molecule has 8 aliphatic rings. The second-order valence-electron chi connectivity index (χ2n) is 30.0. The van der Waals surface area contributed by atoms with Crippen LogP contribution in [-0.4, -0.2) is 95.6 Å². The molecule has 8 fully saturated rings. The SMILES string of the molecule is CC(C)C1CCN(C(=O)C2(c3ccc(F)cc3)CC2)CC1.CC(C)C1CCN(C(=O)C2(c3ccc(F)cc3)CCC2)CC1.CC(C)C1CCN(C(=O)C2(c3ccc(F)cc3)CCCC2)CC1.CC(C)C1CCN(C(=O)C2(c3ccc(F)cc3)CCCCC2)CC1. The molecule has 4 saturated heterocycles. The van der Waals surface area contributed by atoms with Gasteiger partial charge in [-0.25, -0.2) is 17.6 Å². The van der Waals surface area contributed by atoms with Gasteiger partial charge in [-0.15, -0.1) is 0 Å². The first kappa shape index (κ1) is 68.8. The van der Waals surface area contributed by atoms with Crippen LogP contribution in [0.25, 0.3) is 0 Å². The van der Waals surface area contributed by atoms with E-state index < -0.39 is 10.8 Å². The van der Waals surface area contributed by atoms with E-state index in [9.17, 15) is 36.7 Å². The summed E-state index contributed by atoms with van der Waals surface area (Å²) in [5.74, 6) is 5.94. The van der Waals surface area contributed by atoms with Gasteiger partial charge in [-0.2, -0.15) is 0 Å². The molecule has 0 atom stereocenters. The number of benzene rings is 4. The lowest BCUT2D eigenvalue weighted by atomic mass is 9.63. The Morgan fingerprint density at radius 1 is 0.289 bits per heavy atom. The molecule has 90 heavy (non-hydrogen) atoms. The number of piperidine rings is 4. The van der Waals surface area contributed by atoms with E-state index in [-0.39, 0.29) is 57.7 Å². The van der Waals surface area contributed by atoms with Gasteiger partial charge < -0.3 is 19.6 Å².